The summed E-state index contributed by atoms with van der Waals surface area (Å²) in [6, 6.07) is 0. The summed E-state index contributed by atoms with van der Waals surface area (Å²) >= 11 is 5.23. The van der Waals surface area contributed by atoms with Gasteiger partial charge < -0.3 is 4.90 Å². The molecule has 2 rings (SSSR count). The van der Waals surface area contributed by atoms with E-state index in [4.69, 9.17) is 12.2 Å². The van der Waals surface area contributed by atoms with Gasteiger partial charge in [-0.2, -0.15) is 0 Å². The Labute approximate surface area is 108 Å². The highest BCUT2D eigenvalue weighted by molar-refractivity contribution is 7.71. The van der Waals surface area contributed by atoms with Crippen LogP contribution in [0.2, 0.25) is 0 Å². The van der Waals surface area contributed by atoms with Crippen molar-refractivity contribution in [3.8, 4) is 0 Å². The van der Waals surface area contributed by atoms with Gasteiger partial charge in [0.15, 0.2) is 4.77 Å². The lowest BCUT2D eigenvalue weighted by Crippen LogP contribution is -2.27. The third-order valence-corrected chi connectivity index (χ3v) is 4.06. The van der Waals surface area contributed by atoms with Crippen LogP contribution in [0.1, 0.15) is 34.1 Å². The lowest BCUT2D eigenvalue weighted by atomic mass is 9.80. The predicted molar refractivity (Wildman–Crippen MR) is 72.9 cm³/mol. The summed E-state index contributed by atoms with van der Waals surface area (Å²) in [7, 11) is 0. The number of nitrogens with one attached hydrogen (secondary N) is 1. The molecule has 0 spiro atoms. The van der Waals surface area contributed by atoms with Crippen LogP contribution in [0.4, 0.5) is 5.95 Å². The van der Waals surface area contributed by atoms with Crippen LogP contribution < -0.4 is 4.90 Å². The van der Waals surface area contributed by atoms with Crippen LogP contribution in [-0.4, -0.2) is 27.9 Å². The largest absolute Gasteiger partial charge is 0.341 e. The third kappa shape index (κ3) is 2.39. The molecule has 1 unspecified atom stereocenters. The number of hydrogen-bond acceptors (Lipinski definition) is 3. The average molecular weight is 254 g/mol. The van der Waals surface area contributed by atoms with Crippen molar-refractivity contribution in [1.82, 2.24) is 14.8 Å². The van der Waals surface area contributed by atoms with Crippen molar-refractivity contribution >= 4 is 18.2 Å². The summed E-state index contributed by atoms with van der Waals surface area (Å²) < 4.78 is 2.79. The van der Waals surface area contributed by atoms with Crippen LogP contribution in [0, 0.1) is 16.1 Å². The molecule has 1 aromatic heterocycles. The van der Waals surface area contributed by atoms with Gasteiger partial charge in [0.05, 0.1) is 0 Å². The molecule has 96 valence electrons. The first-order valence-electron chi connectivity index (χ1n) is 6.33. The van der Waals surface area contributed by atoms with Crippen molar-refractivity contribution in [2.75, 3.05) is 18.0 Å². The minimum Gasteiger partial charge on any atom is -0.341 e. The molecule has 1 fully saturated rings. The van der Waals surface area contributed by atoms with Crippen molar-refractivity contribution in [1.29, 1.82) is 0 Å². The Kier molecular flexibility index (Phi) is 3.30. The quantitative estimate of drug-likeness (QED) is 0.825. The predicted octanol–water partition coefficient (Wildman–Crippen LogP) is 2.83. The topological polar surface area (TPSA) is 36.9 Å². The van der Waals surface area contributed by atoms with E-state index in [-0.39, 0.29) is 0 Å². The Hall–Kier alpha value is -0.840. The van der Waals surface area contributed by atoms with Gasteiger partial charge in [-0.1, -0.05) is 20.8 Å². The van der Waals surface area contributed by atoms with E-state index in [0.717, 1.165) is 36.3 Å². The number of rotatable bonds is 2. The standard InChI is InChI=1S/C12H22N4S/c1-5-16-10(13-14-11(16)17)15-7-6-9(8-15)12(2,3)4/h9H,5-8H2,1-4H3,(H,14,17). The zero-order valence-corrected chi connectivity index (χ0v) is 12.0. The van der Waals surface area contributed by atoms with E-state index in [1.165, 1.54) is 6.42 Å². The number of H-pyrrole nitrogens is 1. The van der Waals surface area contributed by atoms with Crippen LogP contribution in [0.15, 0.2) is 0 Å². The first kappa shape index (κ1) is 12.6. The second kappa shape index (κ2) is 4.44. The summed E-state index contributed by atoms with van der Waals surface area (Å²) in [5.74, 6) is 1.74. The van der Waals surface area contributed by atoms with Gasteiger partial charge in [0.1, 0.15) is 0 Å². The highest BCUT2D eigenvalue weighted by Gasteiger charge is 2.33. The van der Waals surface area contributed by atoms with Gasteiger partial charge >= 0.3 is 0 Å². The monoisotopic (exact) mass is 254 g/mol. The van der Waals surface area contributed by atoms with Gasteiger partial charge in [-0.25, -0.2) is 5.10 Å². The van der Waals surface area contributed by atoms with E-state index < -0.39 is 0 Å². The van der Waals surface area contributed by atoms with E-state index in [1.54, 1.807) is 0 Å². The minimum absolute atomic E-state index is 0.374. The Bertz CT molecular complexity index is 440. The lowest BCUT2D eigenvalue weighted by molar-refractivity contribution is 0.263. The molecule has 1 saturated heterocycles. The molecule has 1 atom stereocenters. The van der Waals surface area contributed by atoms with E-state index in [2.05, 4.69) is 47.4 Å². The van der Waals surface area contributed by atoms with Crippen molar-refractivity contribution in [3.05, 3.63) is 4.77 Å². The number of aromatic amines is 1. The molecule has 1 aliphatic rings. The van der Waals surface area contributed by atoms with E-state index in [9.17, 15) is 0 Å². The van der Waals surface area contributed by atoms with Gasteiger partial charge in [-0.3, -0.25) is 4.57 Å². The Balaban J connectivity index is 2.18. The zero-order chi connectivity index (χ0) is 12.6. The van der Waals surface area contributed by atoms with E-state index in [1.807, 2.05) is 0 Å². The van der Waals surface area contributed by atoms with Gasteiger partial charge in [-0.05, 0) is 36.9 Å². The molecule has 0 radical (unpaired) electrons. The second-order valence-corrected chi connectivity index (χ2v) is 6.26. The molecule has 0 aromatic carbocycles. The highest BCUT2D eigenvalue weighted by atomic mass is 32.1. The maximum Gasteiger partial charge on any atom is 0.225 e. The third-order valence-electron chi connectivity index (χ3n) is 3.75. The number of hydrogen-bond donors (Lipinski definition) is 1. The molecule has 2 heterocycles. The van der Waals surface area contributed by atoms with Crippen LogP contribution in [-0.2, 0) is 6.54 Å². The summed E-state index contributed by atoms with van der Waals surface area (Å²) in [6.07, 6.45) is 1.24. The smallest absolute Gasteiger partial charge is 0.225 e. The molecule has 0 amide bonds. The molecule has 1 aromatic rings. The molecule has 4 nitrogen and oxygen atoms in total. The lowest BCUT2D eigenvalue weighted by Gasteiger charge is -2.27. The molecule has 5 heteroatoms. The zero-order valence-electron chi connectivity index (χ0n) is 11.2. The van der Waals surface area contributed by atoms with Gasteiger partial charge in [0.2, 0.25) is 5.95 Å². The molecule has 0 saturated carbocycles. The number of aromatic nitrogens is 3. The molecule has 0 bridgehead atoms. The normalized spacial score (nSPS) is 21.2. The molecular formula is C12H22N4S. The van der Waals surface area contributed by atoms with Crippen molar-refractivity contribution < 1.29 is 0 Å². The van der Waals surface area contributed by atoms with E-state index >= 15 is 0 Å². The van der Waals surface area contributed by atoms with Crippen LogP contribution in [0.5, 0.6) is 0 Å². The van der Waals surface area contributed by atoms with Gasteiger partial charge in [0.25, 0.3) is 0 Å². The van der Waals surface area contributed by atoms with Crippen LogP contribution in [0.3, 0.4) is 0 Å². The Morgan fingerprint density at radius 2 is 2.18 bits per heavy atom. The summed E-state index contributed by atoms with van der Waals surface area (Å²) in [5, 5.41) is 7.25. The molecule has 17 heavy (non-hydrogen) atoms. The Morgan fingerprint density at radius 3 is 2.71 bits per heavy atom. The fourth-order valence-corrected chi connectivity index (χ4v) is 2.74. The highest BCUT2D eigenvalue weighted by Crippen LogP contribution is 2.35. The average Bonchev–Trinajstić information content (AvgIpc) is 2.82. The van der Waals surface area contributed by atoms with Crippen LogP contribution >= 0.6 is 12.2 Å². The van der Waals surface area contributed by atoms with Crippen molar-refractivity contribution in [2.45, 2.75) is 40.7 Å². The van der Waals surface area contributed by atoms with E-state index in [0.29, 0.717) is 5.41 Å². The fourth-order valence-electron chi connectivity index (χ4n) is 2.48. The van der Waals surface area contributed by atoms with Gasteiger partial charge in [-0.15, -0.1) is 5.10 Å². The summed E-state index contributed by atoms with van der Waals surface area (Å²) in [5.41, 5.74) is 0.374. The maximum atomic E-state index is 5.23. The molecule has 1 aliphatic heterocycles. The number of nitrogens with zero attached hydrogens (tertiary/aromatic N) is 3. The van der Waals surface area contributed by atoms with Crippen molar-refractivity contribution in [2.24, 2.45) is 11.3 Å². The first-order valence-corrected chi connectivity index (χ1v) is 6.74. The second-order valence-electron chi connectivity index (χ2n) is 5.87. The fraction of sp³-hybridized carbons (Fsp3) is 0.833. The van der Waals surface area contributed by atoms with Crippen molar-refractivity contribution in [3.63, 3.8) is 0 Å². The summed E-state index contributed by atoms with van der Waals surface area (Å²) in [6.45, 7) is 12.1. The SMILES string of the molecule is CCn1c(N2CCC(C(C)(C)C)C2)n[nH]c1=S. The molecule has 1 N–H and O–H groups in total. The van der Waals surface area contributed by atoms with Crippen LogP contribution in [0.25, 0.3) is 0 Å². The summed E-state index contributed by atoms with van der Waals surface area (Å²) in [4.78, 5) is 2.35. The Morgan fingerprint density at radius 1 is 1.47 bits per heavy atom. The molecular weight excluding hydrogens is 232 g/mol. The molecule has 0 aliphatic carbocycles. The number of anilines is 1. The first-order chi connectivity index (χ1) is 7.93. The maximum absolute atomic E-state index is 5.23. The van der Waals surface area contributed by atoms with Gasteiger partial charge in [0, 0.05) is 19.6 Å². The minimum atomic E-state index is 0.374.